The molecule has 3 heterocycles. The second-order valence-electron chi connectivity index (χ2n) is 4.73. The minimum atomic E-state index is 0.576. The molecular weight excluding hydrogens is 336 g/mol. The van der Waals surface area contributed by atoms with Gasteiger partial charge in [-0.3, -0.25) is 4.40 Å². The van der Waals surface area contributed by atoms with Crippen molar-refractivity contribution in [3.05, 3.63) is 57.6 Å². The van der Waals surface area contributed by atoms with Crippen LogP contribution in [0.1, 0.15) is 4.88 Å². The zero-order chi connectivity index (χ0) is 14.9. The van der Waals surface area contributed by atoms with Gasteiger partial charge in [-0.1, -0.05) is 23.7 Å². The summed E-state index contributed by atoms with van der Waals surface area (Å²) >= 11 is 8.95. The average molecular weight is 347 g/mol. The fraction of sp³-hybridized carbons (Fsp3) is 0.0667. The SMILES string of the molecule is Clc1ncc(CNc2ccc(-c3cn4ccsc4n3)cc2)s1. The fourth-order valence-electron chi connectivity index (χ4n) is 2.18. The number of rotatable bonds is 4. The number of halogens is 1. The summed E-state index contributed by atoms with van der Waals surface area (Å²) in [5, 5.41) is 5.40. The number of hydrogen-bond donors (Lipinski definition) is 1. The quantitative estimate of drug-likeness (QED) is 0.578. The number of imidazole rings is 1. The molecule has 1 N–H and O–H groups in total. The smallest absolute Gasteiger partial charge is 0.194 e. The highest BCUT2D eigenvalue weighted by atomic mass is 35.5. The van der Waals surface area contributed by atoms with E-state index in [9.17, 15) is 0 Å². The molecule has 110 valence electrons. The van der Waals surface area contributed by atoms with Gasteiger partial charge < -0.3 is 5.32 Å². The lowest BCUT2D eigenvalue weighted by Gasteiger charge is -2.05. The molecule has 0 atom stereocenters. The highest BCUT2D eigenvalue weighted by Crippen LogP contribution is 2.24. The number of nitrogens with zero attached hydrogens (tertiary/aromatic N) is 3. The van der Waals surface area contributed by atoms with Crippen molar-refractivity contribution in [2.24, 2.45) is 0 Å². The third kappa shape index (κ3) is 2.72. The normalized spacial score (nSPS) is 11.1. The van der Waals surface area contributed by atoms with Crippen LogP contribution in [0.15, 0.2) is 48.2 Å². The standard InChI is InChI=1S/C15H11ClN4S2/c16-14-18-8-12(22-14)7-17-11-3-1-10(2-4-11)13-9-20-5-6-21-15(20)19-13/h1-6,8-9,17H,7H2. The molecule has 4 aromatic rings. The molecule has 7 heteroatoms. The van der Waals surface area contributed by atoms with E-state index in [1.807, 2.05) is 22.2 Å². The van der Waals surface area contributed by atoms with Crippen LogP contribution in [0, 0.1) is 0 Å². The minimum Gasteiger partial charge on any atom is -0.380 e. The van der Waals surface area contributed by atoms with Crippen LogP contribution in [0.3, 0.4) is 0 Å². The average Bonchev–Trinajstić information content (AvgIpc) is 3.21. The molecule has 0 amide bonds. The molecule has 4 rings (SSSR count). The molecule has 1 aromatic carbocycles. The molecule has 0 bridgehead atoms. The summed E-state index contributed by atoms with van der Waals surface area (Å²) < 4.78 is 2.62. The number of thiazole rings is 2. The number of benzene rings is 1. The molecule has 0 spiro atoms. The van der Waals surface area contributed by atoms with Crippen molar-refractivity contribution in [3.8, 4) is 11.3 Å². The van der Waals surface area contributed by atoms with Crippen LogP contribution >= 0.6 is 34.3 Å². The van der Waals surface area contributed by atoms with Gasteiger partial charge in [-0.2, -0.15) is 0 Å². The van der Waals surface area contributed by atoms with Crippen molar-refractivity contribution in [1.82, 2.24) is 14.4 Å². The van der Waals surface area contributed by atoms with E-state index in [0.29, 0.717) is 4.47 Å². The van der Waals surface area contributed by atoms with Gasteiger partial charge in [-0.15, -0.1) is 22.7 Å². The topological polar surface area (TPSA) is 42.2 Å². The van der Waals surface area contributed by atoms with Crippen LogP contribution in [0.4, 0.5) is 5.69 Å². The molecule has 0 fully saturated rings. The van der Waals surface area contributed by atoms with Crippen molar-refractivity contribution >= 4 is 44.9 Å². The summed E-state index contributed by atoms with van der Waals surface area (Å²) in [5.41, 5.74) is 3.17. The van der Waals surface area contributed by atoms with Gasteiger partial charge in [0.2, 0.25) is 0 Å². The Bertz CT molecular complexity index is 879. The zero-order valence-electron chi connectivity index (χ0n) is 11.4. The highest BCUT2D eigenvalue weighted by Gasteiger charge is 2.05. The summed E-state index contributed by atoms with van der Waals surface area (Å²) in [4.78, 5) is 10.8. The van der Waals surface area contributed by atoms with Crippen LogP contribution in [0.5, 0.6) is 0 Å². The Balaban J connectivity index is 1.49. The number of aromatic nitrogens is 3. The minimum absolute atomic E-state index is 0.576. The summed E-state index contributed by atoms with van der Waals surface area (Å²) in [7, 11) is 0. The van der Waals surface area contributed by atoms with E-state index in [1.165, 1.54) is 11.3 Å². The van der Waals surface area contributed by atoms with E-state index >= 15 is 0 Å². The first-order valence-electron chi connectivity index (χ1n) is 6.65. The summed E-state index contributed by atoms with van der Waals surface area (Å²) in [6.07, 6.45) is 5.87. The van der Waals surface area contributed by atoms with Crippen LogP contribution in [-0.2, 0) is 6.54 Å². The van der Waals surface area contributed by atoms with Gasteiger partial charge in [0.25, 0.3) is 0 Å². The third-order valence-corrected chi connectivity index (χ3v) is 5.15. The lowest BCUT2D eigenvalue weighted by molar-refractivity contribution is 1.17. The Labute approximate surface area is 140 Å². The van der Waals surface area contributed by atoms with E-state index in [1.54, 1.807) is 17.5 Å². The van der Waals surface area contributed by atoms with E-state index in [-0.39, 0.29) is 0 Å². The largest absolute Gasteiger partial charge is 0.380 e. The molecule has 0 aliphatic rings. The molecule has 0 aliphatic heterocycles. The van der Waals surface area contributed by atoms with E-state index in [4.69, 9.17) is 11.6 Å². The Morgan fingerprint density at radius 1 is 1.23 bits per heavy atom. The maximum Gasteiger partial charge on any atom is 0.194 e. The van der Waals surface area contributed by atoms with Gasteiger partial charge in [-0.25, -0.2) is 9.97 Å². The first-order chi connectivity index (χ1) is 10.8. The van der Waals surface area contributed by atoms with E-state index in [2.05, 4.69) is 39.6 Å². The van der Waals surface area contributed by atoms with Gasteiger partial charge in [-0.05, 0) is 12.1 Å². The van der Waals surface area contributed by atoms with Crippen LogP contribution in [0.2, 0.25) is 4.47 Å². The van der Waals surface area contributed by atoms with Crippen LogP contribution in [-0.4, -0.2) is 14.4 Å². The van der Waals surface area contributed by atoms with Gasteiger partial charge >= 0.3 is 0 Å². The maximum absolute atomic E-state index is 5.83. The Morgan fingerprint density at radius 3 is 2.82 bits per heavy atom. The Morgan fingerprint density at radius 2 is 2.09 bits per heavy atom. The molecular formula is C15H11ClN4S2. The predicted molar refractivity (Wildman–Crippen MR) is 93.0 cm³/mol. The predicted octanol–water partition coefficient (Wildman–Crippen LogP) is 4.78. The monoisotopic (exact) mass is 346 g/mol. The number of hydrogen-bond acceptors (Lipinski definition) is 5. The molecule has 0 unspecified atom stereocenters. The van der Waals surface area contributed by atoms with Crippen molar-refractivity contribution in [1.29, 1.82) is 0 Å². The summed E-state index contributed by atoms with van der Waals surface area (Å²) in [6.45, 7) is 0.726. The van der Waals surface area contributed by atoms with Gasteiger partial charge in [0.1, 0.15) is 0 Å². The molecule has 0 saturated heterocycles. The van der Waals surface area contributed by atoms with Crippen molar-refractivity contribution < 1.29 is 0 Å². The van der Waals surface area contributed by atoms with Crippen molar-refractivity contribution in [3.63, 3.8) is 0 Å². The van der Waals surface area contributed by atoms with E-state index < -0.39 is 0 Å². The molecule has 22 heavy (non-hydrogen) atoms. The van der Waals surface area contributed by atoms with Gasteiger partial charge in [0.05, 0.1) is 12.2 Å². The van der Waals surface area contributed by atoms with Crippen molar-refractivity contribution in [2.75, 3.05) is 5.32 Å². The second-order valence-corrected chi connectivity index (χ2v) is 7.30. The van der Waals surface area contributed by atoms with Crippen molar-refractivity contribution in [2.45, 2.75) is 6.54 Å². The number of anilines is 1. The molecule has 3 aromatic heterocycles. The summed E-state index contributed by atoms with van der Waals surface area (Å²) in [6, 6.07) is 8.28. The highest BCUT2D eigenvalue weighted by molar-refractivity contribution is 7.15. The zero-order valence-corrected chi connectivity index (χ0v) is 13.8. The van der Waals surface area contributed by atoms with Gasteiger partial charge in [0.15, 0.2) is 9.43 Å². The summed E-state index contributed by atoms with van der Waals surface area (Å²) in [5.74, 6) is 0. The van der Waals surface area contributed by atoms with Crippen LogP contribution < -0.4 is 5.32 Å². The lowest BCUT2D eigenvalue weighted by Crippen LogP contribution is -1.96. The van der Waals surface area contributed by atoms with Gasteiger partial charge in [0, 0.05) is 40.1 Å². The maximum atomic E-state index is 5.83. The number of nitrogens with one attached hydrogen (secondary N) is 1. The molecule has 0 saturated carbocycles. The lowest BCUT2D eigenvalue weighted by atomic mass is 10.1. The third-order valence-electron chi connectivity index (χ3n) is 3.27. The second kappa shape index (κ2) is 5.72. The molecule has 0 aliphatic carbocycles. The van der Waals surface area contributed by atoms with Crippen LogP contribution in [0.25, 0.3) is 16.2 Å². The molecule has 4 nitrogen and oxygen atoms in total. The molecule has 0 radical (unpaired) electrons. The first kappa shape index (κ1) is 13.8. The fourth-order valence-corrected chi connectivity index (χ4v) is 3.80. The first-order valence-corrected chi connectivity index (χ1v) is 8.72. The Hall–Kier alpha value is -1.89. The van der Waals surface area contributed by atoms with E-state index in [0.717, 1.165) is 33.3 Å². The Kier molecular flexibility index (Phi) is 3.57. The number of fused-ring (bicyclic) bond motifs is 1.